The molecule has 0 radical (unpaired) electrons. The Balaban J connectivity index is 1.90. The third kappa shape index (κ3) is 3.85. The smallest absolute Gasteiger partial charge is 0.326 e. The zero-order chi connectivity index (χ0) is 14.5. The molecule has 6 heteroatoms. The minimum atomic E-state index is -0.903. The molecule has 1 heterocycles. The van der Waals surface area contributed by atoms with Crippen molar-refractivity contribution in [1.82, 2.24) is 15.1 Å². The maximum atomic E-state index is 12.2. The molecule has 1 aliphatic carbocycles. The van der Waals surface area contributed by atoms with Gasteiger partial charge in [-0.15, -0.1) is 0 Å². The first-order chi connectivity index (χ1) is 9.58. The Morgan fingerprint density at radius 3 is 2.25 bits per heavy atom. The molecule has 0 aromatic heterocycles. The van der Waals surface area contributed by atoms with Crippen molar-refractivity contribution < 1.29 is 14.7 Å². The number of piperazine rings is 1. The number of nitrogens with one attached hydrogen (secondary N) is 1. The Kier molecular flexibility index (Phi) is 5.23. The molecule has 2 rings (SSSR count). The molecular formula is C14H25N3O3. The van der Waals surface area contributed by atoms with Crippen LogP contribution < -0.4 is 5.32 Å². The Labute approximate surface area is 120 Å². The van der Waals surface area contributed by atoms with Crippen LogP contribution in [0.1, 0.15) is 32.1 Å². The Bertz CT molecular complexity index is 348. The van der Waals surface area contributed by atoms with Crippen LogP contribution in [0.15, 0.2) is 0 Å². The summed E-state index contributed by atoms with van der Waals surface area (Å²) in [6.45, 7) is 3.02. The molecule has 1 aliphatic heterocycles. The van der Waals surface area contributed by atoms with Crippen LogP contribution in [0.25, 0.3) is 0 Å². The molecule has 6 nitrogen and oxygen atoms in total. The van der Waals surface area contributed by atoms with Gasteiger partial charge in [-0.2, -0.15) is 0 Å². The summed E-state index contributed by atoms with van der Waals surface area (Å²) >= 11 is 0. The van der Waals surface area contributed by atoms with E-state index >= 15 is 0 Å². The van der Waals surface area contributed by atoms with Gasteiger partial charge in [0.25, 0.3) is 0 Å². The minimum Gasteiger partial charge on any atom is -0.480 e. The molecule has 0 aromatic rings. The topological polar surface area (TPSA) is 72.9 Å². The number of amides is 2. The van der Waals surface area contributed by atoms with Crippen LogP contribution in [-0.2, 0) is 4.79 Å². The highest BCUT2D eigenvalue weighted by molar-refractivity contribution is 5.82. The van der Waals surface area contributed by atoms with E-state index in [1.807, 2.05) is 7.05 Å². The highest BCUT2D eigenvalue weighted by atomic mass is 16.4. The molecule has 0 aromatic carbocycles. The van der Waals surface area contributed by atoms with Crippen molar-refractivity contribution in [3.05, 3.63) is 0 Å². The molecule has 0 spiro atoms. The predicted molar refractivity (Wildman–Crippen MR) is 75.6 cm³/mol. The van der Waals surface area contributed by atoms with Crippen LogP contribution in [0.3, 0.4) is 0 Å². The molecule has 1 atom stereocenters. The molecular weight excluding hydrogens is 258 g/mol. The highest BCUT2D eigenvalue weighted by Gasteiger charge is 2.32. The molecule has 1 saturated carbocycles. The third-order valence-corrected chi connectivity index (χ3v) is 4.46. The normalized spacial score (nSPS) is 23.4. The summed E-state index contributed by atoms with van der Waals surface area (Å²) in [5.74, 6) is -0.822. The number of carbonyl (C=O) groups excluding carboxylic acids is 1. The first-order valence-corrected chi connectivity index (χ1v) is 7.54. The standard InChI is InChI=1S/C14H25N3O3/c1-16-7-9-17(10-8-16)14(20)15-12(13(18)19)11-5-3-2-4-6-11/h11-12H,2-10H2,1H3,(H,15,20)(H,18,19). The third-order valence-electron chi connectivity index (χ3n) is 4.46. The number of carboxylic acids is 1. The maximum Gasteiger partial charge on any atom is 0.326 e. The molecule has 1 unspecified atom stereocenters. The summed E-state index contributed by atoms with van der Waals surface area (Å²) in [7, 11) is 2.03. The van der Waals surface area contributed by atoms with Gasteiger partial charge in [0, 0.05) is 26.2 Å². The molecule has 20 heavy (non-hydrogen) atoms. The summed E-state index contributed by atoms with van der Waals surface area (Å²) in [5.41, 5.74) is 0. The van der Waals surface area contributed by atoms with Crippen molar-refractivity contribution in [3.8, 4) is 0 Å². The van der Waals surface area contributed by atoms with E-state index in [0.29, 0.717) is 13.1 Å². The summed E-state index contributed by atoms with van der Waals surface area (Å²) in [4.78, 5) is 27.5. The van der Waals surface area contributed by atoms with E-state index in [4.69, 9.17) is 0 Å². The maximum absolute atomic E-state index is 12.2. The SMILES string of the molecule is CN1CCN(C(=O)NC(C(=O)O)C2CCCCC2)CC1. The van der Waals surface area contributed by atoms with E-state index < -0.39 is 12.0 Å². The van der Waals surface area contributed by atoms with Crippen LogP contribution in [0.4, 0.5) is 4.79 Å². The predicted octanol–water partition coefficient (Wildman–Crippen LogP) is 0.977. The van der Waals surface area contributed by atoms with Crippen molar-refractivity contribution in [1.29, 1.82) is 0 Å². The first kappa shape index (κ1) is 15.1. The molecule has 2 amide bonds. The molecule has 2 aliphatic rings. The molecule has 1 saturated heterocycles. The van der Waals surface area contributed by atoms with Gasteiger partial charge in [0.05, 0.1) is 0 Å². The number of carboxylic acid groups (broad SMARTS) is 1. The van der Waals surface area contributed by atoms with E-state index in [2.05, 4.69) is 10.2 Å². The molecule has 2 fully saturated rings. The average molecular weight is 283 g/mol. The molecule has 0 bridgehead atoms. The Morgan fingerprint density at radius 2 is 1.70 bits per heavy atom. The fraction of sp³-hybridized carbons (Fsp3) is 0.857. The Morgan fingerprint density at radius 1 is 1.10 bits per heavy atom. The van der Waals surface area contributed by atoms with Gasteiger partial charge in [0.1, 0.15) is 6.04 Å². The number of rotatable bonds is 3. The van der Waals surface area contributed by atoms with Gasteiger partial charge in [0.2, 0.25) is 0 Å². The first-order valence-electron chi connectivity index (χ1n) is 7.54. The van der Waals surface area contributed by atoms with Crippen molar-refractivity contribution in [2.24, 2.45) is 5.92 Å². The quantitative estimate of drug-likeness (QED) is 0.810. The minimum absolute atomic E-state index is 0.0812. The number of aliphatic carboxylic acids is 1. The van der Waals surface area contributed by atoms with Crippen LogP contribution in [0.2, 0.25) is 0 Å². The van der Waals surface area contributed by atoms with Crippen LogP contribution in [0, 0.1) is 5.92 Å². The fourth-order valence-electron chi connectivity index (χ4n) is 3.08. The van der Waals surface area contributed by atoms with Crippen molar-refractivity contribution in [2.75, 3.05) is 33.2 Å². The lowest BCUT2D eigenvalue weighted by Gasteiger charge is -2.34. The lowest BCUT2D eigenvalue weighted by atomic mass is 9.84. The highest BCUT2D eigenvalue weighted by Crippen LogP contribution is 2.26. The number of nitrogens with zero attached hydrogens (tertiary/aromatic N) is 2. The molecule has 2 N–H and O–H groups in total. The van der Waals surface area contributed by atoms with Crippen LogP contribution in [-0.4, -0.2) is 66.2 Å². The second-order valence-electron chi connectivity index (χ2n) is 5.95. The van der Waals surface area contributed by atoms with E-state index in [9.17, 15) is 14.7 Å². The van der Waals surface area contributed by atoms with Gasteiger partial charge in [-0.1, -0.05) is 19.3 Å². The average Bonchev–Trinajstić information content (AvgIpc) is 2.46. The van der Waals surface area contributed by atoms with Crippen molar-refractivity contribution in [3.63, 3.8) is 0 Å². The van der Waals surface area contributed by atoms with Gasteiger partial charge in [-0.25, -0.2) is 9.59 Å². The van der Waals surface area contributed by atoms with Crippen molar-refractivity contribution in [2.45, 2.75) is 38.1 Å². The van der Waals surface area contributed by atoms with E-state index in [-0.39, 0.29) is 11.9 Å². The van der Waals surface area contributed by atoms with Gasteiger partial charge < -0.3 is 20.2 Å². The monoisotopic (exact) mass is 283 g/mol. The number of hydrogen-bond acceptors (Lipinski definition) is 3. The second kappa shape index (κ2) is 6.92. The summed E-state index contributed by atoms with van der Waals surface area (Å²) in [5, 5.41) is 12.1. The van der Waals surface area contributed by atoms with Crippen LogP contribution in [0.5, 0.6) is 0 Å². The van der Waals surface area contributed by atoms with Gasteiger partial charge >= 0.3 is 12.0 Å². The lowest BCUT2D eigenvalue weighted by Crippen LogP contribution is -2.55. The Hall–Kier alpha value is -1.30. The number of hydrogen-bond donors (Lipinski definition) is 2. The lowest BCUT2D eigenvalue weighted by molar-refractivity contribution is -0.141. The van der Waals surface area contributed by atoms with Gasteiger partial charge in [-0.3, -0.25) is 0 Å². The number of likely N-dealkylation sites (N-methyl/N-ethyl adjacent to an activating group) is 1. The van der Waals surface area contributed by atoms with Gasteiger partial charge in [-0.05, 0) is 25.8 Å². The summed E-state index contributed by atoms with van der Waals surface area (Å²) in [6.07, 6.45) is 5.12. The number of carbonyl (C=O) groups is 2. The fourth-order valence-corrected chi connectivity index (χ4v) is 3.08. The zero-order valence-electron chi connectivity index (χ0n) is 12.2. The van der Waals surface area contributed by atoms with E-state index in [0.717, 1.165) is 38.8 Å². The molecule has 114 valence electrons. The largest absolute Gasteiger partial charge is 0.480 e. The number of urea groups is 1. The van der Waals surface area contributed by atoms with Crippen molar-refractivity contribution >= 4 is 12.0 Å². The summed E-state index contributed by atoms with van der Waals surface area (Å²) in [6, 6.07) is -0.960. The van der Waals surface area contributed by atoms with Gasteiger partial charge in [0.15, 0.2) is 0 Å². The summed E-state index contributed by atoms with van der Waals surface area (Å²) < 4.78 is 0. The van der Waals surface area contributed by atoms with Crippen LogP contribution >= 0.6 is 0 Å². The second-order valence-corrected chi connectivity index (χ2v) is 5.95. The van der Waals surface area contributed by atoms with E-state index in [1.54, 1.807) is 4.90 Å². The van der Waals surface area contributed by atoms with E-state index in [1.165, 1.54) is 6.42 Å². The zero-order valence-corrected chi connectivity index (χ0v) is 12.2.